The van der Waals surface area contributed by atoms with Crippen LogP contribution in [0.2, 0.25) is 5.02 Å². The Kier molecular flexibility index (Phi) is 7.87. The maximum absolute atomic E-state index is 13.6. The molecule has 1 aliphatic heterocycles. The van der Waals surface area contributed by atoms with Gasteiger partial charge in [-0.25, -0.2) is 0 Å². The summed E-state index contributed by atoms with van der Waals surface area (Å²) in [6, 6.07) is 14.2. The van der Waals surface area contributed by atoms with E-state index in [0.29, 0.717) is 22.9 Å². The number of hydrogen-bond acceptors (Lipinski definition) is 4. The van der Waals surface area contributed by atoms with Crippen molar-refractivity contribution >= 4 is 17.3 Å². The first-order chi connectivity index (χ1) is 17.9. The first-order valence-electron chi connectivity index (χ1n) is 11.4. The van der Waals surface area contributed by atoms with Gasteiger partial charge in [-0.05, 0) is 60.0 Å². The molecule has 4 nitrogen and oxygen atoms in total. The van der Waals surface area contributed by atoms with Crippen molar-refractivity contribution in [3.8, 4) is 23.0 Å². The second-order valence-electron chi connectivity index (χ2n) is 8.48. The van der Waals surface area contributed by atoms with Gasteiger partial charge in [-0.3, -0.25) is 0 Å². The summed E-state index contributed by atoms with van der Waals surface area (Å²) in [5.41, 5.74) is 1.36. The van der Waals surface area contributed by atoms with Crippen LogP contribution in [-0.2, 0) is 13.0 Å². The highest BCUT2D eigenvalue weighted by Gasteiger charge is 2.46. The highest BCUT2D eigenvalue weighted by atomic mass is 35.5. The molecule has 4 rings (SSSR count). The lowest BCUT2D eigenvalue weighted by Gasteiger charge is -2.37. The van der Waals surface area contributed by atoms with Crippen LogP contribution in [0.25, 0.3) is 0 Å². The molecule has 0 aromatic heterocycles. The van der Waals surface area contributed by atoms with E-state index in [1.807, 2.05) is 6.92 Å². The highest BCUT2D eigenvalue weighted by molar-refractivity contribution is 6.31. The van der Waals surface area contributed by atoms with E-state index in [9.17, 15) is 30.7 Å². The first kappa shape index (κ1) is 27.7. The second kappa shape index (κ2) is 10.8. The average molecular weight is 564 g/mol. The largest absolute Gasteiger partial charge is 0.477 e. The molecule has 204 valence electrons. The molecule has 3 aromatic rings. The molecule has 0 aliphatic carbocycles. The molecule has 1 aliphatic rings. The van der Waals surface area contributed by atoms with E-state index in [1.165, 1.54) is 35.2 Å². The molecule has 0 unspecified atom stereocenters. The summed E-state index contributed by atoms with van der Waals surface area (Å²) in [5.74, 6) is 0.154. The van der Waals surface area contributed by atoms with Crippen LogP contribution in [0.3, 0.4) is 0 Å². The maximum atomic E-state index is 13.6. The number of alkyl halides is 7. The van der Waals surface area contributed by atoms with Crippen molar-refractivity contribution in [2.75, 3.05) is 11.4 Å². The van der Waals surface area contributed by atoms with Crippen LogP contribution in [0.15, 0.2) is 60.7 Å². The molecular formula is C26H21ClF7NO3. The number of anilines is 1. The summed E-state index contributed by atoms with van der Waals surface area (Å²) < 4.78 is 108. The molecule has 0 saturated heterocycles. The fourth-order valence-electron chi connectivity index (χ4n) is 3.87. The molecule has 0 fully saturated rings. The predicted molar refractivity (Wildman–Crippen MR) is 127 cm³/mol. The van der Waals surface area contributed by atoms with E-state index in [0.717, 1.165) is 17.7 Å². The number of nitrogens with zero attached hydrogens (tertiary/aromatic N) is 1. The van der Waals surface area contributed by atoms with Crippen molar-refractivity contribution in [3.05, 3.63) is 76.8 Å². The van der Waals surface area contributed by atoms with Gasteiger partial charge in [0.15, 0.2) is 0 Å². The Hall–Kier alpha value is -3.34. The molecule has 0 spiro atoms. The summed E-state index contributed by atoms with van der Waals surface area (Å²) in [7, 11) is 0. The van der Waals surface area contributed by atoms with Crippen molar-refractivity contribution in [3.63, 3.8) is 0 Å². The third-order valence-electron chi connectivity index (χ3n) is 5.71. The Morgan fingerprint density at radius 2 is 1.68 bits per heavy atom. The van der Waals surface area contributed by atoms with Gasteiger partial charge in [0, 0.05) is 17.6 Å². The molecule has 0 N–H and O–H groups in total. The summed E-state index contributed by atoms with van der Waals surface area (Å²) in [4.78, 5) is 1.34. The number of rotatable bonds is 8. The third-order valence-corrected chi connectivity index (χ3v) is 6.07. The SMILES string of the molecule is CCc1cc(Oc2ccc3c(c2)N(Cc2cccc(OC(F)(F)C(F)F)c2)C[C@H](C(F)(F)F)O3)ccc1Cl. The minimum absolute atomic E-state index is 0.0621. The van der Waals surface area contributed by atoms with Gasteiger partial charge in [0.05, 0.1) is 12.2 Å². The zero-order valence-corrected chi connectivity index (χ0v) is 20.5. The third kappa shape index (κ3) is 6.38. The molecular weight excluding hydrogens is 543 g/mol. The van der Waals surface area contributed by atoms with Gasteiger partial charge in [0.1, 0.15) is 23.0 Å². The lowest BCUT2D eigenvalue weighted by molar-refractivity contribution is -0.253. The monoisotopic (exact) mass is 563 g/mol. The van der Waals surface area contributed by atoms with Crippen LogP contribution in [-0.4, -0.2) is 31.4 Å². The summed E-state index contributed by atoms with van der Waals surface area (Å²) >= 11 is 6.14. The highest BCUT2D eigenvalue weighted by Crippen LogP contribution is 2.42. The Morgan fingerprint density at radius 3 is 2.37 bits per heavy atom. The number of aryl methyl sites for hydroxylation is 1. The lowest BCUT2D eigenvalue weighted by atomic mass is 10.1. The van der Waals surface area contributed by atoms with E-state index in [4.69, 9.17) is 21.1 Å². The van der Waals surface area contributed by atoms with E-state index in [-0.39, 0.29) is 23.5 Å². The number of fused-ring (bicyclic) bond motifs is 1. The van der Waals surface area contributed by atoms with Gasteiger partial charge in [-0.2, -0.15) is 30.7 Å². The van der Waals surface area contributed by atoms with Crippen LogP contribution >= 0.6 is 11.6 Å². The maximum Gasteiger partial charge on any atom is 0.461 e. The van der Waals surface area contributed by atoms with Crippen molar-refractivity contribution in [1.82, 2.24) is 0 Å². The van der Waals surface area contributed by atoms with Crippen LogP contribution in [0.5, 0.6) is 23.0 Å². The van der Waals surface area contributed by atoms with Crippen LogP contribution < -0.4 is 19.1 Å². The van der Waals surface area contributed by atoms with Crippen molar-refractivity contribution in [1.29, 1.82) is 0 Å². The number of benzene rings is 3. The van der Waals surface area contributed by atoms with E-state index < -0.39 is 37.1 Å². The zero-order valence-electron chi connectivity index (χ0n) is 19.7. The molecule has 0 radical (unpaired) electrons. The second-order valence-corrected chi connectivity index (χ2v) is 8.89. The summed E-state index contributed by atoms with van der Waals surface area (Å²) in [6.45, 7) is 1.12. The van der Waals surface area contributed by atoms with Gasteiger partial charge < -0.3 is 19.1 Å². The molecule has 0 saturated carbocycles. The molecule has 1 atom stereocenters. The van der Waals surface area contributed by atoms with Crippen molar-refractivity contribution < 1.29 is 44.9 Å². The zero-order chi connectivity index (χ0) is 27.7. The van der Waals surface area contributed by atoms with Gasteiger partial charge in [0.2, 0.25) is 6.10 Å². The standard InChI is InChI=1S/C26H21ClF7NO3/c1-2-16-11-17(6-8-20(16)27)36-18-7-9-22-21(12-18)35(14-23(37-22)25(30,31)32)13-15-4-3-5-19(10-15)38-26(33,34)24(28)29/h3-12,23-24H,2,13-14H2,1H3/t23-/m1/s1. The van der Waals surface area contributed by atoms with Gasteiger partial charge in [-0.1, -0.05) is 30.7 Å². The minimum atomic E-state index is -4.73. The quantitative estimate of drug-likeness (QED) is 0.258. The van der Waals surface area contributed by atoms with E-state index in [1.54, 1.807) is 18.2 Å². The lowest BCUT2D eigenvalue weighted by Crippen LogP contribution is -2.47. The summed E-state index contributed by atoms with van der Waals surface area (Å²) in [6.07, 6.45) is -15.0. The van der Waals surface area contributed by atoms with Crippen LogP contribution in [0, 0.1) is 0 Å². The fraction of sp³-hybridized carbons (Fsp3) is 0.308. The smallest absolute Gasteiger partial charge is 0.461 e. The van der Waals surface area contributed by atoms with Crippen LogP contribution in [0.4, 0.5) is 36.4 Å². The molecule has 1 heterocycles. The average Bonchev–Trinajstić information content (AvgIpc) is 2.84. The fourth-order valence-corrected chi connectivity index (χ4v) is 4.12. The van der Waals surface area contributed by atoms with Crippen LogP contribution in [0.1, 0.15) is 18.1 Å². The number of ether oxygens (including phenoxy) is 3. The minimum Gasteiger partial charge on any atom is -0.477 e. The Morgan fingerprint density at radius 1 is 0.974 bits per heavy atom. The summed E-state index contributed by atoms with van der Waals surface area (Å²) in [5, 5.41) is 0.570. The van der Waals surface area contributed by atoms with Crippen molar-refractivity contribution in [2.45, 2.75) is 44.7 Å². The topological polar surface area (TPSA) is 30.9 Å². The Balaban J connectivity index is 1.63. The molecule has 12 heteroatoms. The van der Waals surface area contributed by atoms with E-state index in [2.05, 4.69) is 4.74 Å². The number of hydrogen-bond donors (Lipinski definition) is 0. The predicted octanol–water partition coefficient (Wildman–Crippen LogP) is 8.26. The molecule has 3 aromatic carbocycles. The Labute approximate surface area is 218 Å². The first-order valence-corrected chi connectivity index (χ1v) is 11.8. The number of halogens is 8. The molecule has 0 bridgehead atoms. The van der Waals surface area contributed by atoms with Gasteiger partial charge in [-0.15, -0.1) is 0 Å². The van der Waals surface area contributed by atoms with E-state index >= 15 is 0 Å². The van der Waals surface area contributed by atoms with Crippen molar-refractivity contribution in [2.24, 2.45) is 0 Å². The van der Waals surface area contributed by atoms with Gasteiger partial charge in [0.25, 0.3) is 0 Å². The normalized spacial score (nSPS) is 15.7. The molecule has 0 amide bonds. The Bertz CT molecular complexity index is 1290. The van der Waals surface area contributed by atoms with Gasteiger partial charge >= 0.3 is 18.7 Å². The molecule has 38 heavy (non-hydrogen) atoms.